The van der Waals surface area contributed by atoms with Gasteiger partial charge in [-0.2, -0.15) is 0 Å². The molecule has 1 saturated carbocycles. The fourth-order valence-electron chi connectivity index (χ4n) is 2.19. The molecule has 1 N–H and O–H groups in total. The average Bonchev–Trinajstić information content (AvgIpc) is 3.10. The van der Waals surface area contributed by atoms with Gasteiger partial charge in [-0.15, -0.1) is 0 Å². The highest BCUT2D eigenvalue weighted by atomic mass is 19.1. The summed E-state index contributed by atoms with van der Waals surface area (Å²) in [5, 5.41) is 9.73. The van der Waals surface area contributed by atoms with Gasteiger partial charge < -0.3 is 10.0 Å². The van der Waals surface area contributed by atoms with Crippen molar-refractivity contribution in [3.8, 4) is 0 Å². The molecule has 0 spiro atoms. The molecule has 0 amide bonds. The molecule has 2 rings (SSSR count). The monoisotopic (exact) mass is 237 g/mol. The molecule has 17 heavy (non-hydrogen) atoms. The van der Waals surface area contributed by atoms with Crippen LogP contribution in [-0.2, 0) is 0 Å². The molecule has 1 aliphatic rings. The number of para-hydroxylation sites is 1. The molecule has 0 aromatic heterocycles. The summed E-state index contributed by atoms with van der Waals surface area (Å²) in [5.41, 5.74) is 1.27. The second kappa shape index (κ2) is 5.05. The Labute approximate surface area is 102 Å². The molecule has 0 unspecified atom stereocenters. The van der Waals surface area contributed by atoms with Gasteiger partial charge in [-0.25, -0.2) is 4.39 Å². The molecule has 0 bridgehead atoms. The second-order valence-corrected chi connectivity index (χ2v) is 4.84. The third kappa shape index (κ3) is 2.78. The van der Waals surface area contributed by atoms with E-state index in [1.54, 1.807) is 19.1 Å². The van der Waals surface area contributed by atoms with Crippen LogP contribution >= 0.6 is 0 Å². The summed E-state index contributed by atoms with van der Waals surface area (Å²) in [6, 6.07) is 4.93. The summed E-state index contributed by atoms with van der Waals surface area (Å²) in [5.74, 6) is 0.474. The Hall–Kier alpha value is -1.09. The molecule has 2 nitrogen and oxygen atoms in total. The Morgan fingerprint density at radius 1 is 1.47 bits per heavy atom. The summed E-state index contributed by atoms with van der Waals surface area (Å²) in [6.45, 7) is 5.39. The van der Waals surface area contributed by atoms with Gasteiger partial charge in [0.05, 0.1) is 11.8 Å². The molecule has 0 radical (unpaired) electrons. The van der Waals surface area contributed by atoms with Crippen LogP contribution in [0.25, 0.3) is 0 Å². The van der Waals surface area contributed by atoms with Crippen LogP contribution in [0.4, 0.5) is 10.1 Å². The summed E-state index contributed by atoms with van der Waals surface area (Å²) < 4.78 is 14.0. The van der Waals surface area contributed by atoms with Crippen LogP contribution in [0.15, 0.2) is 18.2 Å². The molecule has 0 heterocycles. The van der Waals surface area contributed by atoms with Gasteiger partial charge in [0.2, 0.25) is 0 Å². The van der Waals surface area contributed by atoms with Gasteiger partial charge >= 0.3 is 0 Å². The van der Waals surface area contributed by atoms with Gasteiger partial charge in [-0.1, -0.05) is 12.1 Å². The smallest absolute Gasteiger partial charge is 0.146 e. The first kappa shape index (κ1) is 12.4. The lowest BCUT2D eigenvalue weighted by atomic mass is 10.1. The number of aliphatic hydroxyl groups is 1. The Balaban J connectivity index is 2.32. The molecule has 0 aliphatic heterocycles. The van der Waals surface area contributed by atoms with Crippen molar-refractivity contribution in [3.05, 3.63) is 29.6 Å². The van der Waals surface area contributed by atoms with Gasteiger partial charge in [-0.05, 0) is 38.7 Å². The van der Waals surface area contributed by atoms with Crippen molar-refractivity contribution in [2.45, 2.75) is 32.8 Å². The zero-order valence-electron chi connectivity index (χ0n) is 10.5. The molecular formula is C14H20FNO. The Morgan fingerprint density at radius 2 is 2.18 bits per heavy atom. The maximum atomic E-state index is 14.0. The van der Waals surface area contributed by atoms with Gasteiger partial charge in [0.15, 0.2) is 0 Å². The van der Waals surface area contributed by atoms with Crippen molar-refractivity contribution in [1.82, 2.24) is 0 Å². The predicted molar refractivity (Wildman–Crippen MR) is 67.6 cm³/mol. The SMILES string of the molecule is CCN(CC1CC1)c1c(F)cccc1[C@H](C)O. The normalized spacial score (nSPS) is 16.9. The van der Waals surface area contributed by atoms with E-state index in [0.29, 0.717) is 17.2 Å². The minimum atomic E-state index is -0.631. The first-order valence-corrected chi connectivity index (χ1v) is 6.35. The summed E-state index contributed by atoms with van der Waals surface area (Å²) >= 11 is 0. The lowest BCUT2D eigenvalue weighted by Gasteiger charge is -2.27. The number of aliphatic hydroxyl groups excluding tert-OH is 1. The summed E-state index contributed by atoms with van der Waals surface area (Å²) in [7, 11) is 0. The lowest BCUT2D eigenvalue weighted by molar-refractivity contribution is 0.199. The van der Waals surface area contributed by atoms with Crippen LogP contribution < -0.4 is 4.90 Å². The number of hydrogen-bond acceptors (Lipinski definition) is 2. The van der Waals surface area contributed by atoms with Crippen molar-refractivity contribution in [2.75, 3.05) is 18.0 Å². The molecular weight excluding hydrogens is 217 g/mol. The van der Waals surface area contributed by atoms with Crippen molar-refractivity contribution >= 4 is 5.69 Å². The number of rotatable bonds is 5. The highest BCUT2D eigenvalue weighted by molar-refractivity contribution is 5.56. The van der Waals surface area contributed by atoms with Gasteiger partial charge in [0.25, 0.3) is 0 Å². The molecule has 1 aromatic rings. The molecule has 1 aliphatic carbocycles. The molecule has 1 atom stereocenters. The molecule has 1 aromatic carbocycles. The quantitative estimate of drug-likeness (QED) is 0.850. The van der Waals surface area contributed by atoms with Crippen LogP contribution in [0.2, 0.25) is 0 Å². The van der Waals surface area contributed by atoms with E-state index in [-0.39, 0.29) is 5.82 Å². The van der Waals surface area contributed by atoms with Crippen LogP contribution in [0, 0.1) is 11.7 Å². The molecule has 0 saturated heterocycles. The van der Waals surface area contributed by atoms with Gasteiger partial charge in [-0.3, -0.25) is 0 Å². The first-order chi connectivity index (χ1) is 8.13. The summed E-state index contributed by atoms with van der Waals surface area (Å²) in [6.07, 6.45) is 1.86. The zero-order valence-corrected chi connectivity index (χ0v) is 10.5. The number of anilines is 1. The number of hydrogen-bond donors (Lipinski definition) is 1. The zero-order chi connectivity index (χ0) is 12.4. The van der Waals surface area contributed by atoms with E-state index in [1.807, 2.05) is 6.92 Å². The van der Waals surface area contributed by atoms with Crippen molar-refractivity contribution in [1.29, 1.82) is 0 Å². The van der Waals surface area contributed by atoms with Gasteiger partial charge in [0.1, 0.15) is 5.82 Å². The first-order valence-electron chi connectivity index (χ1n) is 6.35. The van der Waals surface area contributed by atoms with E-state index in [9.17, 15) is 9.50 Å². The van der Waals surface area contributed by atoms with Crippen molar-refractivity contribution in [3.63, 3.8) is 0 Å². The van der Waals surface area contributed by atoms with E-state index in [1.165, 1.54) is 18.9 Å². The standard InChI is InChI=1S/C14H20FNO/c1-3-16(9-11-7-8-11)14-12(10(2)17)5-4-6-13(14)15/h4-6,10-11,17H,3,7-9H2,1-2H3/t10-/m0/s1. The van der Waals surface area contributed by atoms with Crippen molar-refractivity contribution in [2.24, 2.45) is 5.92 Å². The fourth-order valence-corrected chi connectivity index (χ4v) is 2.19. The predicted octanol–water partition coefficient (Wildman–Crippen LogP) is 3.12. The third-order valence-corrected chi connectivity index (χ3v) is 3.34. The number of nitrogens with zero attached hydrogens (tertiary/aromatic N) is 1. The topological polar surface area (TPSA) is 23.5 Å². The number of benzene rings is 1. The minimum absolute atomic E-state index is 0.231. The summed E-state index contributed by atoms with van der Waals surface area (Å²) in [4.78, 5) is 2.05. The maximum Gasteiger partial charge on any atom is 0.146 e. The Morgan fingerprint density at radius 3 is 2.71 bits per heavy atom. The fraction of sp³-hybridized carbons (Fsp3) is 0.571. The van der Waals surface area contributed by atoms with Crippen LogP contribution in [-0.4, -0.2) is 18.2 Å². The maximum absolute atomic E-state index is 14.0. The van der Waals surface area contributed by atoms with Crippen LogP contribution in [0.5, 0.6) is 0 Å². The van der Waals surface area contributed by atoms with E-state index in [4.69, 9.17) is 0 Å². The molecule has 1 fully saturated rings. The highest BCUT2D eigenvalue weighted by Gasteiger charge is 2.26. The van der Waals surface area contributed by atoms with E-state index in [2.05, 4.69) is 4.90 Å². The Bertz CT molecular complexity index is 388. The van der Waals surface area contributed by atoms with E-state index >= 15 is 0 Å². The lowest BCUT2D eigenvalue weighted by Crippen LogP contribution is -2.27. The van der Waals surface area contributed by atoms with Crippen LogP contribution in [0.3, 0.4) is 0 Å². The average molecular weight is 237 g/mol. The molecule has 94 valence electrons. The Kier molecular flexibility index (Phi) is 3.67. The van der Waals surface area contributed by atoms with E-state index in [0.717, 1.165) is 13.1 Å². The van der Waals surface area contributed by atoms with Gasteiger partial charge in [0, 0.05) is 18.7 Å². The second-order valence-electron chi connectivity index (χ2n) is 4.84. The number of halogens is 1. The largest absolute Gasteiger partial charge is 0.389 e. The van der Waals surface area contributed by atoms with Crippen LogP contribution in [0.1, 0.15) is 38.4 Å². The van der Waals surface area contributed by atoms with Crippen molar-refractivity contribution < 1.29 is 9.50 Å². The molecule has 3 heteroatoms. The minimum Gasteiger partial charge on any atom is -0.389 e. The third-order valence-electron chi connectivity index (χ3n) is 3.34. The van der Waals surface area contributed by atoms with E-state index < -0.39 is 6.10 Å². The highest BCUT2D eigenvalue weighted by Crippen LogP contribution is 2.35.